The molecule has 0 bridgehead atoms. The lowest BCUT2D eigenvalue weighted by molar-refractivity contribution is -0.139. The molecule has 30 heavy (non-hydrogen) atoms. The first-order chi connectivity index (χ1) is 14.2. The van der Waals surface area contributed by atoms with Crippen LogP contribution in [0, 0.1) is 5.92 Å². The summed E-state index contributed by atoms with van der Waals surface area (Å²) in [7, 11) is 0. The van der Waals surface area contributed by atoms with Gasteiger partial charge in [0.1, 0.15) is 6.04 Å². The van der Waals surface area contributed by atoms with Crippen LogP contribution in [0.4, 0.5) is 5.69 Å². The molecule has 9 heteroatoms. The van der Waals surface area contributed by atoms with Gasteiger partial charge < -0.3 is 25.2 Å². The number of carbonyl (C=O) groups is 3. The molecule has 1 aliphatic rings. The smallest absolute Gasteiger partial charge is 0.326 e. The van der Waals surface area contributed by atoms with Crippen LogP contribution in [-0.2, 0) is 4.79 Å². The largest absolute Gasteiger partial charge is 0.480 e. The number of hydrogen-bond acceptors (Lipinski definition) is 5. The Bertz CT molecular complexity index is 991. The number of ether oxygens (including phenoxy) is 2. The molecule has 0 saturated heterocycles. The molecule has 0 spiro atoms. The zero-order valence-electron chi connectivity index (χ0n) is 16.4. The number of carbonyl (C=O) groups excluding carboxylic acids is 2. The van der Waals surface area contributed by atoms with E-state index in [-0.39, 0.29) is 29.0 Å². The molecule has 1 aliphatic heterocycles. The minimum absolute atomic E-state index is 0.0909. The Hall–Kier alpha value is -3.26. The molecule has 1 atom stereocenters. The van der Waals surface area contributed by atoms with Crippen molar-refractivity contribution in [2.75, 3.05) is 12.1 Å². The second kappa shape index (κ2) is 9.04. The topological polar surface area (TPSA) is 114 Å². The van der Waals surface area contributed by atoms with E-state index in [0.717, 1.165) is 0 Å². The summed E-state index contributed by atoms with van der Waals surface area (Å²) in [5.41, 5.74) is 0.728. The van der Waals surface area contributed by atoms with Crippen LogP contribution in [0.5, 0.6) is 11.5 Å². The SMILES string of the molecule is CC(C)CC(NC(=O)c1ccc(Cl)c(NC(=O)c2ccc3c(c2)OCO3)c1)C(=O)O. The number of carboxylic acids is 1. The van der Waals surface area contributed by atoms with Crippen molar-refractivity contribution in [3.63, 3.8) is 0 Å². The molecular formula is C21H21ClN2O6. The van der Waals surface area contributed by atoms with E-state index in [1.54, 1.807) is 18.2 Å². The Balaban J connectivity index is 1.75. The van der Waals surface area contributed by atoms with Crippen molar-refractivity contribution in [2.45, 2.75) is 26.3 Å². The molecule has 0 radical (unpaired) electrons. The maximum Gasteiger partial charge on any atom is 0.326 e. The van der Waals surface area contributed by atoms with Crippen LogP contribution in [-0.4, -0.2) is 35.7 Å². The summed E-state index contributed by atoms with van der Waals surface area (Å²) in [5, 5.41) is 14.7. The maximum atomic E-state index is 12.6. The number of rotatable bonds is 7. The van der Waals surface area contributed by atoms with Crippen molar-refractivity contribution < 1.29 is 29.0 Å². The van der Waals surface area contributed by atoms with Gasteiger partial charge in [-0.2, -0.15) is 0 Å². The van der Waals surface area contributed by atoms with Crippen LogP contribution in [0.1, 0.15) is 41.0 Å². The van der Waals surface area contributed by atoms with Crippen LogP contribution in [0.25, 0.3) is 0 Å². The van der Waals surface area contributed by atoms with Crippen LogP contribution in [0.15, 0.2) is 36.4 Å². The molecule has 1 unspecified atom stereocenters. The summed E-state index contributed by atoms with van der Waals surface area (Å²) in [5.74, 6) is -1.02. The van der Waals surface area contributed by atoms with Gasteiger partial charge >= 0.3 is 5.97 Å². The minimum Gasteiger partial charge on any atom is -0.480 e. The fourth-order valence-electron chi connectivity index (χ4n) is 2.93. The predicted molar refractivity (Wildman–Crippen MR) is 110 cm³/mol. The van der Waals surface area contributed by atoms with Gasteiger partial charge in [0.05, 0.1) is 10.7 Å². The summed E-state index contributed by atoms with van der Waals surface area (Å²) in [6, 6.07) is 8.06. The molecule has 8 nitrogen and oxygen atoms in total. The molecule has 1 heterocycles. The van der Waals surface area contributed by atoms with Crippen molar-refractivity contribution in [1.82, 2.24) is 5.32 Å². The van der Waals surface area contributed by atoms with Gasteiger partial charge in [0.15, 0.2) is 11.5 Å². The second-order valence-electron chi connectivity index (χ2n) is 7.21. The quantitative estimate of drug-likeness (QED) is 0.616. The number of hydrogen-bond donors (Lipinski definition) is 3. The lowest BCUT2D eigenvalue weighted by atomic mass is 10.0. The molecule has 0 aliphatic carbocycles. The highest BCUT2D eigenvalue weighted by Gasteiger charge is 2.22. The lowest BCUT2D eigenvalue weighted by Gasteiger charge is -2.17. The fraction of sp³-hybridized carbons (Fsp3) is 0.286. The monoisotopic (exact) mass is 432 g/mol. The number of nitrogens with one attached hydrogen (secondary N) is 2. The van der Waals surface area contributed by atoms with E-state index in [0.29, 0.717) is 23.5 Å². The van der Waals surface area contributed by atoms with Gasteiger partial charge in [-0.05, 0) is 48.7 Å². The molecule has 0 aromatic heterocycles. The van der Waals surface area contributed by atoms with E-state index in [1.807, 2.05) is 13.8 Å². The molecule has 0 saturated carbocycles. The van der Waals surface area contributed by atoms with Crippen molar-refractivity contribution >= 4 is 35.1 Å². The Morgan fingerprint density at radius 3 is 2.40 bits per heavy atom. The average molecular weight is 433 g/mol. The third-order valence-corrected chi connectivity index (χ3v) is 4.75. The fourth-order valence-corrected chi connectivity index (χ4v) is 3.09. The molecular weight excluding hydrogens is 412 g/mol. The number of aliphatic carboxylic acids is 1. The number of fused-ring (bicyclic) bond motifs is 1. The molecule has 158 valence electrons. The van der Waals surface area contributed by atoms with E-state index in [1.165, 1.54) is 18.2 Å². The second-order valence-corrected chi connectivity index (χ2v) is 7.62. The van der Waals surface area contributed by atoms with Crippen LogP contribution < -0.4 is 20.1 Å². The third kappa shape index (κ3) is 5.01. The highest BCUT2D eigenvalue weighted by Crippen LogP contribution is 2.33. The number of amides is 2. The average Bonchev–Trinajstić information content (AvgIpc) is 3.16. The molecule has 2 amide bonds. The molecule has 3 N–H and O–H groups in total. The number of benzene rings is 2. The minimum atomic E-state index is -1.11. The van der Waals surface area contributed by atoms with E-state index < -0.39 is 23.8 Å². The standard InChI is InChI=1S/C21H21ClN2O6/c1-11(2)7-16(21(27)28)24-19(25)12-3-5-14(22)15(8-12)23-20(26)13-4-6-17-18(9-13)30-10-29-17/h3-6,8-9,11,16H,7,10H2,1-2H3,(H,23,26)(H,24,25)(H,27,28). The summed E-state index contributed by atoms with van der Waals surface area (Å²) in [6.45, 7) is 3.83. The highest BCUT2D eigenvalue weighted by atomic mass is 35.5. The maximum absolute atomic E-state index is 12.6. The third-order valence-electron chi connectivity index (χ3n) is 4.42. The van der Waals surface area contributed by atoms with Gasteiger partial charge in [0, 0.05) is 11.1 Å². The van der Waals surface area contributed by atoms with Gasteiger partial charge in [-0.15, -0.1) is 0 Å². The van der Waals surface area contributed by atoms with Gasteiger partial charge in [-0.3, -0.25) is 9.59 Å². The zero-order chi connectivity index (χ0) is 21.8. The molecule has 0 fully saturated rings. The number of halogens is 1. The van der Waals surface area contributed by atoms with Crippen LogP contribution >= 0.6 is 11.6 Å². The predicted octanol–water partition coefficient (Wildman–Crippen LogP) is 3.55. The first-order valence-corrected chi connectivity index (χ1v) is 9.66. The van der Waals surface area contributed by atoms with Gasteiger partial charge in [0.2, 0.25) is 6.79 Å². The summed E-state index contributed by atoms with van der Waals surface area (Å²) in [4.78, 5) is 36.5. The van der Waals surface area contributed by atoms with Crippen LogP contribution in [0.3, 0.4) is 0 Å². The Morgan fingerprint density at radius 1 is 1.03 bits per heavy atom. The Kier molecular flexibility index (Phi) is 6.47. The zero-order valence-corrected chi connectivity index (χ0v) is 17.2. The normalized spacial score (nSPS) is 13.1. The van der Waals surface area contributed by atoms with E-state index >= 15 is 0 Å². The van der Waals surface area contributed by atoms with E-state index in [4.69, 9.17) is 21.1 Å². The van der Waals surface area contributed by atoms with Gasteiger partial charge in [0.25, 0.3) is 11.8 Å². The molecule has 3 rings (SSSR count). The summed E-state index contributed by atoms with van der Waals surface area (Å²) in [6.07, 6.45) is 0.294. The van der Waals surface area contributed by atoms with Crippen molar-refractivity contribution in [3.8, 4) is 11.5 Å². The first kappa shape index (κ1) is 21.4. The molecule has 2 aromatic carbocycles. The first-order valence-electron chi connectivity index (χ1n) is 9.29. The van der Waals surface area contributed by atoms with Crippen molar-refractivity contribution in [1.29, 1.82) is 0 Å². The van der Waals surface area contributed by atoms with Crippen molar-refractivity contribution in [2.24, 2.45) is 5.92 Å². The summed E-state index contributed by atoms with van der Waals surface area (Å²) < 4.78 is 10.5. The lowest BCUT2D eigenvalue weighted by Crippen LogP contribution is -2.41. The van der Waals surface area contributed by atoms with E-state index in [9.17, 15) is 19.5 Å². The number of anilines is 1. The van der Waals surface area contributed by atoms with Gasteiger partial charge in [-0.1, -0.05) is 25.4 Å². The van der Waals surface area contributed by atoms with Crippen LogP contribution in [0.2, 0.25) is 5.02 Å². The number of carboxylic acid groups (broad SMARTS) is 1. The van der Waals surface area contributed by atoms with Crippen molar-refractivity contribution in [3.05, 3.63) is 52.5 Å². The van der Waals surface area contributed by atoms with Gasteiger partial charge in [-0.25, -0.2) is 4.79 Å². The van der Waals surface area contributed by atoms with E-state index in [2.05, 4.69) is 10.6 Å². The highest BCUT2D eigenvalue weighted by molar-refractivity contribution is 6.34. The Morgan fingerprint density at radius 2 is 1.70 bits per heavy atom. The summed E-state index contributed by atoms with van der Waals surface area (Å²) >= 11 is 6.17. The molecule has 2 aromatic rings. The Labute approximate surface area is 178 Å².